The van der Waals surface area contributed by atoms with E-state index < -0.39 is 11.8 Å². The van der Waals surface area contributed by atoms with Crippen molar-refractivity contribution in [1.82, 2.24) is 0 Å². The van der Waals surface area contributed by atoms with Gasteiger partial charge in [-0.1, -0.05) is 0 Å². The van der Waals surface area contributed by atoms with Gasteiger partial charge in [0.25, 0.3) is 0 Å². The second kappa shape index (κ2) is 3.63. The van der Waals surface area contributed by atoms with E-state index in [2.05, 4.69) is 10.0 Å². The van der Waals surface area contributed by atoms with Crippen molar-refractivity contribution in [3.8, 4) is 0 Å². The van der Waals surface area contributed by atoms with Gasteiger partial charge in [-0.15, -0.1) is 0 Å². The van der Waals surface area contributed by atoms with Crippen LogP contribution in [0.25, 0.3) is 10.4 Å². The van der Waals surface area contributed by atoms with Crippen molar-refractivity contribution < 1.29 is 9.59 Å². The third-order valence-electron chi connectivity index (χ3n) is 0.737. The maximum atomic E-state index is 10.3. The molecular formula is C4H5N3O2. The lowest BCUT2D eigenvalue weighted by Gasteiger charge is -1.90. The number of azide groups is 1. The van der Waals surface area contributed by atoms with Crippen molar-refractivity contribution in [2.24, 2.45) is 11.0 Å². The SMILES string of the molecule is CC(C=O)C(=O)N=[N+]=[N-]. The predicted octanol–water partition coefficient (Wildman–Crippen LogP) is 0.658. The zero-order chi connectivity index (χ0) is 7.28. The Morgan fingerprint density at radius 3 is 2.78 bits per heavy atom. The molecule has 9 heavy (non-hydrogen) atoms. The highest BCUT2D eigenvalue weighted by Crippen LogP contribution is 1.91. The number of carbonyl (C=O) groups is 2. The molecule has 0 saturated heterocycles. The first-order chi connectivity index (χ1) is 4.22. The summed E-state index contributed by atoms with van der Waals surface area (Å²) >= 11 is 0. The van der Waals surface area contributed by atoms with E-state index in [1.54, 1.807) is 0 Å². The molecule has 0 fully saturated rings. The van der Waals surface area contributed by atoms with Crippen LogP contribution in [0.1, 0.15) is 6.92 Å². The normalized spacial score (nSPS) is 11.2. The molecule has 0 N–H and O–H groups in total. The first-order valence-corrected chi connectivity index (χ1v) is 2.26. The Balaban J connectivity index is 4.03. The summed E-state index contributed by atoms with van der Waals surface area (Å²) in [7, 11) is 0. The van der Waals surface area contributed by atoms with E-state index in [0.717, 1.165) is 0 Å². The highest BCUT2D eigenvalue weighted by molar-refractivity contribution is 5.91. The Labute approximate surface area is 51.3 Å². The lowest BCUT2D eigenvalue weighted by Crippen LogP contribution is -2.07. The van der Waals surface area contributed by atoms with Gasteiger partial charge in [-0.05, 0) is 17.6 Å². The predicted molar refractivity (Wildman–Crippen MR) is 29.4 cm³/mol. The van der Waals surface area contributed by atoms with Gasteiger partial charge in [0, 0.05) is 4.91 Å². The third-order valence-corrected chi connectivity index (χ3v) is 0.737. The molecule has 48 valence electrons. The summed E-state index contributed by atoms with van der Waals surface area (Å²) in [5.41, 5.74) is 7.70. The Kier molecular flexibility index (Phi) is 3.08. The number of carbonyl (C=O) groups excluding carboxylic acids is 2. The molecule has 0 rings (SSSR count). The molecule has 0 aromatic heterocycles. The smallest absolute Gasteiger partial charge is 0.228 e. The van der Waals surface area contributed by atoms with Crippen LogP contribution in [-0.4, -0.2) is 12.2 Å². The summed E-state index contributed by atoms with van der Waals surface area (Å²) in [4.78, 5) is 22.4. The molecular weight excluding hydrogens is 122 g/mol. The maximum Gasteiger partial charge on any atom is 0.228 e. The van der Waals surface area contributed by atoms with E-state index in [1.807, 2.05) is 0 Å². The van der Waals surface area contributed by atoms with Crippen molar-refractivity contribution in [1.29, 1.82) is 0 Å². The molecule has 0 aliphatic heterocycles. The van der Waals surface area contributed by atoms with Crippen LogP contribution in [0.15, 0.2) is 5.11 Å². The molecule has 1 amide bonds. The van der Waals surface area contributed by atoms with Crippen molar-refractivity contribution >= 4 is 12.2 Å². The highest BCUT2D eigenvalue weighted by Gasteiger charge is 2.07. The molecule has 5 heteroatoms. The molecule has 0 radical (unpaired) electrons. The topological polar surface area (TPSA) is 82.9 Å². The first kappa shape index (κ1) is 7.65. The lowest BCUT2D eigenvalue weighted by molar-refractivity contribution is -0.125. The number of aldehydes is 1. The van der Waals surface area contributed by atoms with Crippen molar-refractivity contribution in [3.05, 3.63) is 10.4 Å². The van der Waals surface area contributed by atoms with Crippen LogP contribution in [0.2, 0.25) is 0 Å². The molecule has 0 aliphatic rings. The van der Waals surface area contributed by atoms with Gasteiger partial charge in [-0.2, -0.15) is 0 Å². The van der Waals surface area contributed by atoms with Gasteiger partial charge in [0.2, 0.25) is 5.91 Å². The van der Waals surface area contributed by atoms with Crippen molar-refractivity contribution in [2.75, 3.05) is 0 Å². The molecule has 0 aromatic rings. The maximum absolute atomic E-state index is 10.3. The van der Waals surface area contributed by atoms with E-state index in [9.17, 15) is 9.59 Å². The van der Waals surface area contributed by atoms with Crippen molar-refractivity contribution in [2.45, 2.75) is 6.92 Å². The van der Waals surface area contributed by atoms with E-state index in [1.165, 1.54) is 6.92 Å². The molecule has 0 saturated carbocycles. The van der Waals surface area contributed by atoms with Crippen molar-refractivity contribution in [3.63, 3.8) is 0 Å². The van der Waals surface area contributed by atoms with Crippen LogP contribution < -0.4 is 0 Å². The molecule has 0 aliphatic carbocycles. The van der Waals surface area contributed by atoms with Gasteiger partial charge in [0.1, 0.15) is 6.29 Å². The standard InChI is InChI=1S/C4H5N3O2/c1-3(2-8)4(9)6-7-5/h2-3H,1H3. The third kappa shape index (κ3) is 2.46. The van der Waals surface area contributed by atoms with Gasteiger partial charge >= 0.3 is 0 Å². The minimum Gasteiger partial charge on any atom is -0.303 e. The summed E-state index contributed by atoms with van der Waals surface area (Å²) < 4.78 is 0. The molecule has 5 nitrogen and oxygen atoms in total. The first-order valence-electron chi connectivity index (χ1n) is 2.26. The summed E-state index contributed by atoms with van der Waals surface area (Å²) in [6.07, 6.45) is 0.428. The van der Waals surface area contributed by atoms with E-state index in [4.69, 9.17) is 5.53 Å². The van der Waals surface area contributed by atoms with Gasteiger partial charge < -0.3 is 4.79 Å². The summed E-state index contributed by atoms with van der Waals surface area (Å²) in [6.45, 7) is 1.37. The second-order valence-electron chi connectivity index (χ2n) is 1.45. The minimum atomic E-state index is -0.819. The monoisotopic (exact) mass is 127 g/mol. The Morgan fingerprint density at radius 1 is 1.89 bits per heavy atom. The van der Waals surface area contributed by atoms with Gasteiger partial charge in [0.15, 0.2) is 0 Å². The van der Waals surface area contributed by atoms with Crippen LogP contribution in [-0.2, 0) is 9.59 Å². The molecule has 0 aromatic carbocycles. The molecule has 1 atom stereocenters. The Hall–Kier alpha value is -1.35. The quantitative estimate of drug-likeness (QED) is 0.179. The average molecular weight is 127 g/mol. The van der Waals surface area contributed by atoms with E-state index in [-0.39, 0.29) is 0 Å². The van der Waals surface area contributed by atoms with E-state index >= 15 is 0 Å². The van der Waals surface area contributed by atoms with Crippen LogP contribution in [0, 0.1) is 5.92 Å². The lowest BCUT2D eigenvalue weighted by atomic mass is 10.2. The molecule has 0 spiro atoms. The van der Waals surface area contributed by atoms with Gasteiger partial charge in [-0.25, -0.2) is 0 Å². The van der Waals surface area contributed by atoms with Gasteiger partial charge in [0.05, 0.1) is 5.92 Å². The zero-order valence-electron chi connectivity index (χ0n) is 4.81. The van der Waals surface area contributed by atoms with Crippen LogP contribution >= 0.6 is 0 Å². The number of amides is 1. The molecule has 1 unspecified atom stereocenters. The fraction of sp³-hybridized carbons (Fsp3) is 0.500. The average Bonchev–Trinajstić information content (AvgIpc) is 1.87. The number of hydrogen-bond acceptors (Lipinski definition) is 2. The number of rotatable bonds is 2. The van der Waals surface area contributed by atoms with Crippen LogP contribution in [0.3, 0.4) is 0 Å². The Morgan fingerprint density at radius 2 is 2.44 bits per heavy atom. The molecule has 0 bridgehead atoms. The fourth-order valence-corrected chi connectivity index (χ4v) is 0.193. The number of nitrogens with zero attached hydrogens (tertiary/aromatic N) is 3. The highest BCUT2D eigenvalue weighted by atomic mass is 16.2. The second-order valence-corrected chi connectivity index (χ2v) is 1.45. The minimum absolute atomic E-state index is 0.428. The summed E-state index contributed by atoms with van der Waals surface area (Å²) in [5.74, 6) is -1.56. The van der Waals surface area contributed by atoms with Crippen LogP contribution in [0.4, 0.5) is 0 Å². The zero-order valence-corrected chi connectivity index (χ0v) is 4.81. The number of hydrogen-bond donors (Lipinski definition) is 0. The summed E-state index contributed by atoms with van der Waals surface area (Å²) in [5, 5.41) is 2.71. The van der Waals surface area contributed by atoms with Gasteiger partial charge in [-0.3, -0.25) is 4.79 Å². The van der Waals surface area contributed by atoms with Crippen LogP contribution in [0.5, 0.6) is 0 Å². The largest absolute Gasteiger partial charge is 0.303 e. The Bertz CT molecular complexity index is 171. The summed E-state index contributed by atoms with van der Waals surface area (Å²) in [6, 6.07) is 0. The van der Waals surface area contributed by atoms with E-state index in [0.29, 0.717) is 6.29 Å². The fourth-order valence-electron chi connectivity index (χ4n) is 0.193. The molecule has 0 heterocycles.